The van der Waals surface area contributed by atoms with E-state index in [1.54, 1.807) is 31.6 Å². The van der Waals surface area contributed by atoms with Crippen LogP contribution in [0.15, 0.2) is 30.6 Å². The lowest BCUT2D eigenvalue weighted by atomic mass is 10.1. The number of halogens is 2. The fourth-order valence-corrected chi connectivity index (χ4v) is 3.96. The highest BCUT2D eigenvalue weighted by molar-refractivity contribution is 6.35. The highest BCUT2D eigenvalue weighted by Gasteiger charge is 2.19. The molecule has 0 saturated carbocycles. The van der Waals surface area contributed by atoms with E-state index in [-0.39, 0.29) is 11.1 Å². The smallest absolute Gasteiger partial charge is 0.193 e. The molecular formula is C20H18ClFN6O. The summed E-state index contributed by atoms with van der Waals surface area (Å²) in [6.45, 7) is 3.64. The lowest BCUT2D eigenvalue weighted by molar-refractivity contribution is 0.437. The molecule has 9 heteroatoms. The largest absolute Gasteiger partial charge is 0.504 e. The molecule has 1 fully saturated rings. The van der Waals surface area contributed by atoms with Gasteiger partial charge >= 0.3 is 0 Å². The number of pyridine rings is 2. The molecule has 2 N–H and O–H groups in total. The molecular weight excluding hydrogens is 395 g/mol. The second kappa shape index (κ2) is 6.82. The summed E-state index contributed by atoms with van der Waals surface area (Å²) in [6.07, 6.45) is 3.45. The number of hydrogen-bond donors (Lipinski definition) is 2. The van der Waals surface area contributed by atoms with Crippen molar-refractivity contribution >= 4 is 39.2 Å². The van der Waals surface area contributed by atoms with E-state index in [9.17, 15) is 9.50 Å². The standard InChI is InChI=1S/C20H18ClFN6O/c1-27-10-11-6-14(19(29)17(22)18(11)26-27)16-8-15(21)13-7-12(9-24-20(13)25-16)28-4-2-23-3-5-28/h6-10,23,29H,2-5H2,1H3. The Kier molecular flexibility index (Phi) is 4.25. The van der Waals surface area contributed by atoms with Gasteiger partial charge in [-0.25, -0.2) is 14.4 Å². The average Bonchev–Trinajstić information content (AvgIpc) is 3.11. The molecule has 5 rings (SSSR count). The lowest BCUT2D eigenvalue weighted by Crippen LogP contribution is -2.43. The van der Waals surface area contributed by atoms with Gasteiger partial charge < -0.3 is 15.3 Å². The topological polar surface area (TPSA) is 79.1 Å². The van der Waals surface area contributed by atoms with Crippen LogP contribution in [-0.2, 0) is 7.05 Å². The minimum atomic E-state index is -0.780. The monoisotopic (exact) mass is 412 g/mol. The molecule has 1 saturated heterocycles. The number of benzene rings is 1. The van der Waals surface area contributed by atoms with Crippen LogP contribution in [0.4, 0.5) is 10.1 Å². The number of nitrogens with zero attached hydrogens (tertiary/aromatic N) is 5. The van der Waals surface area contributed by atoms with E-state index >= 15 is 0 Å². The molecule has 7 nitrogen and oxygen atoms in total. The van der Waals surface area contributed by atoms with Gasteiger partial charge in [-0.05, 0) is 18.2 Å². The van der Waals surface area contributed by atoms with Crippen molar-refractivity contribution in [1.82, 2.24) is 25.1 Å². The summed E-state index contributed by atoms with van der Waals surface area (Å²) in [6, 6.07) is 5.25. The molecule has 1 aliphatic rings. The molecule has 4 heterocycles. The first-order valence-corrected chi connectivity index (χ1v) is 9.66. The van der Waals surface area contributed by atoms with Gasteiger partial charge in [0.2, 0.25) is 0 Å². The van der Waals surface area contributed by atoms with E-state index in [0.717, 1.165) is 31.9 Å². The van der Waals surface area contributed by atoms with Crippen LogP contribution in [0.5, 0.6) is 5.75 Å². The zero-order valence-corrected chi connectivity index (χ0v) is 16.4. The summed E-state index contributed by atoms with van der Waals surface area (Å²) in [4.78, 5) is 11.2. The summed E-state index contributed by atoms with van der Waals surface area (Å²) in [7, 11) is 1.70. The number of aryl methyl sites for hydroxylation is 1. The molecule has 1 aliphatic heterocycles. The van der Waals surface area contributed by atoms with Crippen LogP contribution in [0.1, 0.15) is 0 Å². The normalized spacial score (nSPS) is 14.8. The van der Waals surface area contributed by atoms with Crippen LogP contribution >= 0.6 is 11.6 Å². The molecule has 1 aromatic carbocycles. The molecule has 0 radical (unpaired) electrons. The van der Waals surface area contributed by atoms with E-state index in [1.165, 1.54) is 4.68 Å². The predicted molar refractivity (Wildman–Crippen MR) is 111 cm³/mol. The number of nitrogens with one attached hydrogen (secondary N) is 1. The molecule has 0 aliphatic carbocycles. The van der Waals surface area contributed by atoms with Gasteiger partial charge in [-0.15, -0.1) is 0 Å². The molecule has 0 unspecified atom stereocenters. The highest BCUT2D eigenvalue weighted by atomic mass is 35.5. The Balaban J connectivity index is 1.63. The Labute approximate surface area is 170 Å². The third-order valence-corrected chi connectivity index (χ3v) is 5.50. The number of phenolic OH excluding ortho intramolecular Hbond substituents is 1. The van der Waals surface area contributed by atoms with Crippen molar-refractivity contribution in [3.05, 3.63) is 41.4 Å². The number of rotatable bonds is 2. The molecule has 0 spiro atoms. The molecule has 0 bridgehead atoms. The summed E-state index contributed by atoms with van der Waals surface area (Å²) in [5.41, 5.74) is 2.14. The minimum Gasteiger partial charge on any atom is -0.504 e. The van der Waals surface area contributed by atoms with E-state index in [2.05, 4.69) is 25.3 Å². The van der Waals surface area contributed by atoms with Crippen LogP contribution in [0.3, 0.4) is 0 Å². The molecule has 4 aromatic rings. The zero-order valence-electron chi connectivity index (χ0n) is 15.7. The Morgan fingerprint density at radius 3 is 2.79 bits per heavy atom. The van der Waals surface area contributed by atoms with Gasteiger partial charge in [0.25, 0.3) is 0 Å². The van der Waals surface area contributed by atoms with Crippen LogP contribution in [0.25, 0.3) is 33.2 Å². The molecule has 0 amide bonds. The van der Waals surface area contributed by atoms with Gasteiger partial charge in [0.1, 0.15) is 5.52 Å². The number of anilines is 1. The second-order valence-corrected chi connectivity index (χ2v) is 7.53. The van der Waals surface area contributed by atoms with Crippen LogP contribution in [0, 0.1) is 5.82 Å². The van der Waals surface area contributed by atoms with E-state index < -0.39 is 11.6 Å². The number of phenols is 1. The van der Waals surface area contributed by atoms with Crippen LogP contribution in [-0.4, -0.2) is 51.0 Å². The van der Waals surface area contributed by atoms with Crippen molar-refractivity contribution in [1.29, 1.82) is 0 Å². The maximum absolute atomic E-state index is 14.6. The van der Waals surface area contributed by atoms with Crippen molar-refractivity contribution in [2.75, 3.05) is 31.1 Å². The number of aromatic hydroxyl groups is 1. The van der Waals surface area contributed by atoms with Crippen molar-refractivity contribution < 1.29 is 9.50 Å². The van der Waals surface area contributed by atoms with Gasteiger partial charge in [-0.1, -0.05) is 11.6 Å². The minimum absolute atomic E-state index is 0.111. The Hall–Kier alpha value is -2.97. The summed E-state index contributed by atoms with van der Waals surface area (Å²) in [5.74, 6) is -1.28. The third-order valence-electron chi connectivity index (χ3n) is 5.19. The molecule has 29 heavy (non-hydrogen) atoms. The van der Waals surface area contributed by atoms with E-state index in [4.69, 9.17) is 11.6 Å². The number of fused-ring (bicyclic) bond motifs is 2. The fraction of sp³-hybridized carbons (Fsp3) is 0.250. The number of hydrogen-bond acceptors (Lipinski definition) is 6. The van der Waals surface area contributed by atoms with E-state index in [1.807, 2.05) is 6.07 Å². The van der Waals surface area contributed by atoms with Gasteiger partial charge in [0.15, 0.2) is 17.2 Å². The van der Waals surface area contributed by atoms with E-state index in [0.29, 0.717) is 27.1 Å². The maximum atomic E-state index is 14.6. The first-order chi connectivity index (χ1) is 14.0. The summed E-state index contributed by atoms with van der Waals surface area (Å²) < 4.78 is 16.1. The lowest BCUT2D eigenvalue weighted by Gasteiger charge is -2.29. The van der Waals surface area contributed by atoms with Crippen LogP contribution in [0.2, 0.25) is 5.02 Å². The first-order valence-electron chi connectivity index (χ1n) is 9.28. The zero-order chi connectivity index (χ0) is 20.1. The molecule has 0 atom stereocenters. The second-order valence-electron chi connectivity index (χ2n) is 7.12. The van der Waals surface area contributed by atoms with Gasteiger partial charge in [-0.2, -0.15) is 5.10 Å². The maximum Gasteiger partial charge on any atom is 0.193 e. The quantitative estimate of drug-likeness (QED) is 0.526. The van der Waals surface area contributed by atoms with Gasteiger partial charge in [0.05, 0.1) is 22.6 Å². The molecule has 3 aromatic heterocycles. The number of piperazine rings is 1. The summed E-state index contributed by atoms with van der Waals surface area (Å²) in [5, 5.41) is 19.5. The average molecular weight is 413 g/mol. The van der Waals surface area contributed by atoms with Crippen LogP contribution < -0.4 is 10.2 Å². The predicted octanol–water partition coefficient (Wildman–Crippen LogP) is 3.09. The van der Waals surface area contributed by atoms with Crippen molar-refractivity contribution in [3.8, 4) is 17.0 Å². The Bertz CT molecular complexity index is 1250. The first kappa shape index (κ1) is 18.1. The third kappa shape index (κ3) is 3.04. The fourth-order valence-electron chi connectivity index (χ4n) is 3.72. The SMILES string of the molecule is Cn1cc2cc(-c3cc(Cl)c4cc(N5CCNCC5)cnc4n3)c(O)c(F)c2n1. The van der Waals surface area contributed by atoms with Gasteiger partial charge in [0, 0.05) is 55.8 Å². The van der Waals surface area contributed by atoms with Crippen molar-refractivity contribution in [2.24, 2.45) is 7.05 Å². The highest BCUT2D eigenvalue weighted by Crippen LogP contribution is 2.37. The van der Waals surface area contributed by atoms with Crippen molar-refractivity contribution in [3.63, 3.8) is 0 Å². The Morgan fingerprint density at radius 1 is 1.21 bits per heavy atom. The van der Waals surface area contributed by atoms with Gasteiger partial charge in [-0.3, -0.25) is 4.68 Å². The van der Waals surface area contributed by atoms with Crippen molar-refractivity contribution in [2.45, 2.75) is 0 Å². The summed E-state index contributed by atoms with van der Waals surface area (Å²) >= 11 is 6.53. The number of aromatic nitrogens is 4. The Morgan fingerprint density at radius 2 is 2.00 bits per heavy atom. The molecule has 148 valence electrons.